The van der Waals surface area contributed by atoms with Gasteiger partial charge in [0.25, 0.3) is 0 Å². The summed E-state index contributed by atoms with van der Waals surface area (Å²) in [6.45, 7) is 5.07. The van der Waals surface area contributed by atoms with Gasteiger partial charge in [0, 0.05) is 11.0 Å². The van der Waals surface area contributed by atoms with Crippen LogP contribution in [0.5, 0.6) is 0 Å². The Kier molecular flexibility index (Phi) is 6.38. The van der Waals surface area contributed by atoms with Crippen LogP contribution in [0.25, 0.3) is 0 Å². The van der Waals surface area contributed by atoms with E-state index in [1.165, 1.54) is 12.1 Å². The molecule has 20 heavy (non-hydrogen) atoms. The molecule has 1 aromatic rings. The van der Waals surface area contributed by atoms with E-state index in [1.807, 2.05) is 0 Å². The highest BCUT2D eigenvalue weighted by molar-refractivity contribution is 9.10. The van der Waals surface area contributed by atoms with Crippen LogP contribution in [0.3, 0.4) is 0 Å². The highest BCUT2D eigenvalue weighted by Crippen LogP contribution is 2.24. The lowest BCUT2D eigenvalue weighted by atomic mass is 10.4. The number of carbonyl (C=O) groups excluding carboxylic acids is 1. The predicted molar refractivity (Wildman–Crippen MR) is 79.7 cm³/mol. The van der Waals surface area contributed by atoms with Gasteiger partial charge in [0.05, 0.1) is 11.5 Å². The maximum absolute atomic E-state index is 12.5. The second-order valence-electron chi connectivity index (χ2n) is 3.82. The summed E-state index contributed by atoms with van der Waals surface area (Å²) in [5.41, 5.74) is 0. The van der Waals surface area contributed by atoms with Gasteiger partial charge in [-0.25, -0.2) is 8.42 Å². The molecule has 0 aliphatic rings. The van der Waals surface area contributed by atoms with Crippen molar-refractivity contribution in [1.29, 1.82) is 0 Å². The van der Waals surface area contributed by atoms with Gasteiger partial charge in [-0.15, -0.1) is 6.58 Å². The predicted octanol–water partition coefficient (Wildman–Crippen LogP) is 2.19. The Morgan fingerprint density at radius 1 is 1.45 bits per heavy atom. The molecule has 0 heterocycles. The zero-order chi connectivity index (χ0) is 15.2. The van der Waals surface area contributed by atoms with Crippen LogP contribution in [0.1, 0.15) is 6.92 Å². The Bertz CT molecular complexity index is 586. The topological polar surface area (TPSA) is 63.7 Å². The maximum atomic E-state index is 12.5. The van der Waals surface area contributed by atoms with E-state index in [4.69, 9.17) is 4.74 Å². The first-order chi connectivity index (χ1) is 9.43. The molecule has 110 valence electrons. The number of esters is 1. The molecule has 0 saturated heterocycles. The number of ether oxygens (including phenoxy) is 1. The zero-order valence-corrected chi connectivity index (χ0v) is 13.5. The van der Waals surface area contributed by atoms with E-state index in [2.05, 4.69) is 22.5 Å². The van der Waals surface area contributed by atoms with Gasteiger partial charge in [0.1, 0.15) is 6.54 Å². The maximum Gasteiger partial charge on any atom is 0.321 e. The summed E-state index contributed by atoms with van der Waals surface area (Å²) < 4.78 is 31.3. The fourth-order valence-electron chi connectivity index (χ4n) is 1.54. The van der Waals surface area contributed by atoms with E-state index in [-0.39, 0.29) is 24.6 Å². The monoisotopic (exact) mass is 361 g/mol. The summed E-state index contributed by atoms with van der Waals surface area (Å²) >= 11 is 3.20. The van der Waals surface area contributed by atoms with Crippen molar-refractivity contribution in [2.75, 3.05) is 19.7 Å². The Labute approximate surface area is 127 Å². The molecule has 0 spiro atoms. The third-order valence-corrected chi connectivity index (χ3v) is 5.22. The average Bonchev–Trinajstić information content (AvgIpc) is 2.38. The van der Waals surface area contributed by atoms with Crippen molar-refractivity contribution >= 4 is 31.9 Å². The largest absolute Gasteiger partial charge is 0.465 e. The summed E-state index contributed by atoms with van der Waals surface area (Å²) in [6, 6.07) is 6.43. The van der Waals surface area contributed by atoms with Crippen LogP contribution in [0.15, 0.2) is 46.3 Å². The fourth-order valence-corrected chi connectivity index (χ4v) is 3.85. The molecule has 0 fully saturated rings. The van der Waals surface area contributed by atoms with Gasteiger partial charge >= 0.3 is 5.97 Å². The molecule has 0 radical (unpaired) electrons. The van der Waals surface area contributed by atoms with Gasteiger partial charge < -0.3 is 4.74 Å². The fraction of sp³-hybridized carbons (Fsp3) is 0.308. The average molecular weight is 362 g/mol. The van der Waals surface area contributed by atoms with Crippen molar-refractivity contribution in [3.63, 3.8) is 0 Å². The van der Waals surface area contributed by atoms with Gasteiger partial charge in [-0.2, -0.15) is 4.31 Å². The van der Waals surface area contributed by atoms with Crippen LogP contribution in [0.2, 0.25) is 0 Å². The number of nitrogens with zero attached hydrogens (tertiary/aromatic N) is 1. The Balaban J connectivity index is 3.09. The summed E-state index contributed by atoms with van der Waals surface area (Å²) in [5.74, 6) is -0.593. The zero-order valence-electron chi connectivity index (χ0n) is 11.1. The molecule has 0 aliphatic carbocycles. The lowest BCUT2D eigenvalue weighted by Gasteiger charge is -2.20. The Morgan fingerprint density at radius 3 is 2.65 bits per heavy atom. The molecule has 1 rings (SSSR count). The number of sulfonamides is 1. The third-order valence-electron chi connectivity index (χ3n) is 2.40. The second kappa shape index (κ2) is 7.56. The lowest BCUT2D eigenvalue weighted by molar-refractivity contribution is -0.143. The van der Waals surface area contributed by atoms with Gasteiger partial charge in [0.2, 0.25) is 10.0 Å². The van der Waals surface area contributed by atoms with E-state index in [9.17, 15) is 13.2 Å². The van der Waals surface area contributed by atoms with Crippen LogP contribution in [0.4, 0.5) is 0 Å². The van der Waals surface area contributed by atoms with Crippen molar-refractivity contribution in [3.05, 3.63) is 41.4 Å². The molecule has 0 N–H and O–H groups in total. The highest BCUT2D eigenvalue weighted by Gasteiger charge is 2.27. The van der Waals surface area contributed by atoms with Crippen LogP contribution in [-0.2, 0) is 19.6 Å². The van der Waals surface area contributed by atoms with Crippen LogP contribution in [-0.4, -0.2) is 38.4 Å². The standard InChI is InChI=1S/C13H16BrNO4S/c1-3-9-15(10-13(16)19-4-2)20(17,18)12-8-6-5-7-11(12)14/h3,5-8H,1,4,9-10H2,2H3. The first-order valence-corrected chi connectivity index (χ1v) is 8.18. The van der Waals surface area contributed by atoms with Gasteiger partial charge in [-0.3, -0.25) is 4.79 Å². The Hall–Kier alpha value is -1.18. The second-order valence-corrected chi connectivity index (χ2v) is 6.58. The van der Waals surface area contributed by atoms with Crippen LogP contribution >= 0.6 is 15.9 Å². The summed E-state index contributed by atoms with van der Waals surface area (Å²) in [6.07, 6.45) is 1.42. The quantitative estimate of drug-likeness (QED) is 0.551. The smallest absolute Gasteiger partial charge is 0.321 e. The number of rotatable bonds is 7. The lowest BCUT2D eigenvalue weighted by Crippen LogP contribution is -2.36. The van der Waals surface area contributed by atoms with Crippen LogP contribution in [0, 0.1) is 0 Å². The molecule has 0 unspecified atom stereocenters. The van der Waals surface area contributed by atoms with Crippen LogP contribution < -0.4 is 0 Å². The molecule has 0 aliphatic heterocycles. The molecular weight excluding hydrogens is 346 g/mol. The van der Waals surface area contributed by atoms with Gasteiger partial charge in [-0.1, -0.05) is 18.2 Å². The summed E-state index contributed by atoms with van der Waals surface area (Å²) in [4.78, 5) is 11.6. The van der Waals surface area contributed by atoms with E-state index in [1.54, 1.807) is 25.1 Å². The Morgan fingerprint density at radius 2 is 2.10 bits per heavy atom. The van der Waals surface area contributed by atoms with Crippen molar-refractivity contribution in [2.24, 2.45) is 0 Å². The SMILES string of the molecule is C=CCN(CC(=O)OCC)S(=O)(=O)c1ccccc1Br. The minimum atomic E-state index is -3.79. The molecule has 0 saturated carbocycles. The minimum absolute atomic E-state index is 0.0302. The number of hydrogen-bond donors (Lipinski definition) is 0. The number of hydrogen-bond acceptors (Lipinski definition) is 4. The first-order valence-electron chi connectivity index (χ1n) is 5.94. The van der Waals surface area contributed by atoms with E-state index in [0.717, 1.165) is 4.31 Å². The number of benzene rings is 1. The molecule has 0 atom stereocenters. The molecule has 7 heteroatoms. The molecule has 5 nitrogen and oxygen atoms in total. The third kappa shape index (κ3) is 4.16. The van der Waals surface area contributed by atoms with Crippen molar-refractivity contribution in [3.8, 4) is 0 Å². The van der Waals surface area contributed by atoms with Gasteiger partial charge in [-0.05, 0) is 35.0 Å². The molecule has 0 amide bonds. The van der Waals surface area contributed by atoms with E-state index < -0.39 is 16.0 Å². The highest BCUT2D eigenvalue weighted by atomic mass is 79.9. The number of carbonyl (C=O) groups is 1. The van der Waals surface area contributed by atoms with Crippen molar-refractivity contribution in [2.45, 2.75) is 11.8 Å². The molecule has 0 bridgehead atoms. The normalized spacial score (nSPS) is 11.3. The van der Waals surface area contributed by atoms with E-state index in [0.29, 0.717) is 4.47 Å². The van der Waals surface area contributed by atoms with E-state index >= 15 is 0 Å². The molecular formula is C13H16BrNO4S. The molecule has 0 aromatic heterocycles. The first kappa shape index (κ1) is 16.9. The molecule has 1 aromatic carbocycles. The number of halogens is 1. The van der Waals surface area contributed by atoms with Crippen molar-refractivity contribution in [1.82, 2.24) is 4.31 Å². The summed E-state index contributed by atoms with van der Waals surface area (Å²) in [5, 5.41) is 0. The minimum Gasteiger partial charge on any atom is -0.465 e. The van der Waals surface area contributed by atoms with Gasteiger partial charge in [0.15, 0.2) is 0 Å². The van der Waals surface area contributed by atoms with Crippen molar-refractivity contribution < 1.29 is 17.9 Å². The summed E-state index contributed by atoms with van der Waals surface area (Å²) in [7, 11) is -3.79.